The smallest absolute Gasteiger partial charge is 0.284 e. The minimum absolute atomic E-state index is 0.245. The molecule has 90 valence electrons. The van der Waals surface area contributed by atoms with E-state index in [4.69, 9.17) is 28.2 Å². The van der Waals surface area contributed by atoms with E-state index in [-0.39, 0.29) is 4.84 Å². The van der Waals surface area contributed by atoms with Crippen molar-refractivity contribution in [2.75, 3.05) is 0 Å². The van der Waals surface area contributed by atoms with Gasteiger partial charge in [0.15, 0.2) is 0 Å². The number of halogens is 1. The highest BCUT2D eigenvalue weighted by atomic mass is 35.5. The van der Waals surface area contributed by atoms with Crippen molar-refractivity contribution in [3.8, 4) is 11.5 Å². The lowest BCUT2D eigenvalue weighted by Gasteiger charge is -2.04. The molecule has 1 aromatic carbocycles. The second-order valence-corrected chi connectivity index (χ2v) is 4.70. The van der Waals surface area contributed by atoms with Gasteiger partial charge in [-0.3, -0.25) is 4.98 Å². The predicted molar refractivity (Wildman–Crippen MR) is 72.2 cm³/mol. The summed E-state index contributed by atoms with van der Waals surface area (Å²) in [6.07, 6.45) is 0. The number of aromatic nitrogens is 3. The minimum atomic E-state index is 0.245. The van der Waals surface area contributed by atoms with Crippen molar-refractivity contribution < 1.29 is 4.42 Å². The molecule has 0 aliphatic heterocycles. The fourth-order valence-electron chi connectivity index (χ4n) is 1.85. The van der Waals surface area contributed by atoms with E-state index in [0.29, 0.717) is 10.9 Å². The molecule has 6 heteroatoms. The first-order chi connectivity index (χ1) is 8.63. The summed E-state index contributed by atoms with van der Waals surface area (Å²) in [5.41, 5.74) is 2.55. The molecule has 0 amide bonds. The summed E-state index contributed by atoms with van der Waals surface area (Å²) in [6.45, 7) is 1.92. The van der Waals surface area contributed by atoms with Crippen LogP contribution in [0.25, 0.3) is 22.4 Å². The van der Waals surface area contributed by atoms with Crippen molar-refractivity contribution in [1.29, 1.82) is 0 Å². The third-order valence-corrected chi connectivity index (χ3v) is 2.98. The van der Waals surface area contributed by atoms with Gasteiger partial charge >= 0.3 is 0 Å². The Balaban J connectivity index is 2.39. The average molecular weight is 278 g/mol. The highest BCUT2D eigenvalue weighted by Gasteiger charge is 2.11. The van der Waals surface area contributed by atoms with Crippen molar-refractivity contribution >= 4 is 34.7 Å². The molecule has 3 rings (SSSR count). The van der Waals surface area contributed by atoms with E-state index in [1.165, 1.54) is 0 Å². The molecule has 3 aromatic rings. The van der Waals surface area contributed by atoms with Crippen LogP contribution in [0, 0.1) is 11.8 Å². The summed E-state index contributed by atoms with van der Waals surface area (Å²) in [6, 6.07) is 7.41. The standard InChI is InChI=1S/C12H8ClN3OS/c1-6-4-9(11-15-16-12(18)17-11)8-5-7(13)2-3-10(8)14-6/h2-5H,1H3,(H,16,18). The maximum atomic E-state index is 6.02. The number of hydrogen-bond donors (Lipinski definition) is 1. The van der Waals surface area contributed by atoms with E-state index in [0.717, 1.165) is 22.2 Å². The fourth-order valence-corrected chi connectivity index (χ4v) is 2.15. The van der Waals surface area contributed by atoms with E-state index in [9.17, 15) is 0 Å². The van der Waals surface area contributed by atoms with Gasteiger partial charge in [0, 0.05) is 16.1 Å². The van der Waals surface area contributed by atoms with Gasteiger partial charge in [0.05, 0.1) is 11.1 Å². The van der Waals surface area contributed by atoms with Crippen molar-refractivity contribution in [2.24, 2.45) is 0 Å². The van der Waals surface area contributed by atoms with E-state index in [1.54, 1.807) is 6.07 Å². The Morgan fingerprint density at radius 1 is 1.33 bits per heavy atom. The quantitative estimate of drug-likeness (QED) is 0.685. The Morgan fingerprint density at radius 3 is 2.89 bits per heavy atom. The highest BCUT2D eigenvalue weighted by molar-refractivity contribution is 7.71. The van der Waals surface area contributed by atoms with Crippen LogP contribution in [0.15, 0.2) is 28.7 Å². The van der Waals surface area contributed by atoms with Gasteiger partial charge in [0.1, 0.15) is 0 Å². The first-order valence-corrected chi connectivity index (χ1v) is 6.05. The Hall–Kier alpha value is -1.72. The van der Waals surface area contributed by atoms with E-state index >= 15 is 0 Å². The highest BCUT2D eigenvalue weighted by Crippen LogP contribution is 2.29. The second-order valence-electron chi connectivity index (χ2n) is 3.89. The summed E-state index contributed by atoms with van der Waals surface area (Å²) in [5, 5.41) is 8.18. The number of aromatic amines is 1. The molecule has 2 heterocycles. The van der Waals surface area contributed by atoms with E-state index < -0.39 is 0 Å². The third-order valence-electron chi connectivity index (χ3n) is 2.57. The molecule has 0 saturated carbocycles. The van der Waals surface area contributed by atoms with Crippen LogP contribution in [0.1, 0.15) is 5.69 Å². The Morgan fingerprint density at radius 2 is 2.17 bits per heavy atom. The molecule has 0 bridgehead atoms. The topological polar surface area (TPSA) is 54.7 Å². The summed E-state index contributed by atoms with van der Waals surface area (Å²) in [4.78, 5) is 4.69. The molecule has 0 fully saturated rings. The summed E-state index contributed by atoms with van der Waals surface area (Å²) in [5.74, 6) is 0.442. The maximum absolute atomic E-state index is 6.02. The molecule has 0 atom stereocenters. The Kier molecular flexibility index (Phi) is 2.65. The molecule has 1 N–H and O–H groups in total. The van der Waals surface area contributed by atoms with Crippen LogP contribution in [0.5, 0.6) is 0 Å². The van der Waals surface area contributed by atoms with Crippen molar-refractivity contribution in [3.63, 3.8) is 0 Å². The number of aryl methyl sites for hydroxylation is 1. The molecule has 0 unspecified atom stereocenters. The zero-order valence-electron chi connectivity index (χ0n) is 9.40. The zero-order valence-corrected chi connectivity index (χ0v) is 11.0. The van der Waals surface area contributed by atoms with Crippen LogP contribution in [0.2, 0.25) is 5.02 Å². The number of hydrogen-bond acceptors (Lipinski definition) is 4. The van der Waals surface area contributed by atoms with Gasteiger partial charge in [0.25, 0.3) is 4.84 Å². The SMILES string of the molecule is Cc1cc(-c2n[nH]c(=S)o2)c2cc(Cl)ccc2n1. The summed E-state index contributed by atoms with van der Waals surface area (Å²) >= 11 is 10.9. The molecule has 0 aliphatic rings. The fraction of sp³-hybridized carbons (Fsp3) is 0.0833. The number of fused-ring (bicyclic) bond motifs is 1. The molecule has 0 aliphatic carbocycles. The average Bonchev–Trinajstić information content (AvgIpc) is 2.75. The minimum Gasteiger partial charge on any atom is -0.409 e. The van der Waals surface area contributed by atoms with Crippen molar-refractivity contribution in [1.82, 2.24) is 15.2 Å². The van der Waals surface area contributed by atoms with Gasteiger partial charge in [-0.05, 0) is 43.4 Å². The van der Waals surface area contributed by atoms with Gasteiger partial charge in [-0.1, -0.05) is 11.6 Å². The van der Waals surface area contributed by atoms with Crippen LogP contribution in [-0.4, -0.2) is 15.2 Å². The largest absolute Gasteiger partial charge is 0.409 e. The second kappa shape index (κ2) is 4.19. The maximum Gasteiger partial charge on any atom is 0.284 e. The number of benzene rings is 1. The molecule has 0 saturated heterocycles. The molecular formula is C12H8ClN3OS. The van der Waals surface area contributed by atoms with E-state index in [1.807, 2.05) is 25.1 Å². The zero-order chi connectivity index (χ0) is 12.7. The summed E-state index contributed by atoms with van der Waals surface area (Å²) in [7, 11) is 0. The molecular weight excluding hydrogens is 270 g/mol. The van der Waals surface area contributed by atoms with Crippen LogP contribution in [-0.2, 0) is 0 Å². The van der Waals surface area contributed by atoms with E-state index in [2.05, 4.69) is 15.2 Å². The number of H-pyrrole nitrogens is 1. The molecule has 4 nitrogen and oxygen atoms in total. The van der Waals surface area contributed by atoms with Crippen molar-refractivity contribution in [3.05, 3.63) is 39.8 Å². The predicted octanol–water partition coefficient (Wildman–Crippen LogP) is 3.91. The van der Waals surface area contributed by atoms with Gasteiger partial charge < -0.3 is 4.42 Å². The molecule has 0 spiro atoms. The van der Waals surface area contributed by atoms with Crippen LogP contribution in [0.3, 0.4) is 0 Å². The molecule has 18 heavy (non-hydrogen) atoms. The van der Waals surface area contributed by atoms with Crippen LogP contribution >= 0.6 is 23.8 Å². The Bertz CT molecular complexity index is 793. The number of pyridine rings is 1. The van der Waals surface area contributed by atoms with Crippen LogP contribution < -0.4 is 0 Å². The first kappa shape index (κ1) is 11.4. The first-order valence-electron chi connectivity index (χ1n) is 5.26. The number of rotatable bonds is 1. The normalized spacial score (nSPS) is 11.0. The van der Waals surface area contributed by atoms with Gasteiger partial charge in [0.2, 0.25) is 5.89 Å². The van der Waals surface area contributed by atoms with Gasteiger partial charge in [-0.15, -0.1) is 5.10 Å². The van der Waals surface area contributed by atoms with Gasteiger partial charge in [-0.2, -0.15) is 0 Å². The summed E-state index contributed by atoms with van der Waals surface area (Å²) < 4.78 is 5.35. The number of nitrogens with one attached hydrogen (secondary N) is 1. The third kappa shape index (κ3) is 1.91. The lowest BCUT2D eigenvalue weighted by molar-refractivity contribution is 0.552. The Labute approximate surface area is 113 Å². The molecule has 2 aromatic heterocycles. The van der Waals surface area contributed by atoms with Crippen molar-refractivity contribution in [2.45, 2.75) is 6.92 Å². The lowest BCUT2D eigenvalue weighted by atomic mass is 10.1. The lowest BCUT2D eigenvalue weighted by Crippen LogP contribution is -1.88. The molecule has 0 radical (unpaired) electrons. The monoisotopic (exact) mass is 277 g/mol. The van der Waals surface area contributed by atoms with Gasteiger partial charge in [-0.25, -0.2) is 5.10 Å². The van der Waals surface area contributed by atoms with Crippen LogP contribution in [0.4, 0.5) is 0 Å². The number of nitrogens with zero attached hydrogens (tertiary/aromatic N) is 2.